The van der Waals surface area contributed by atoms with E-state index in [1.165, 1.54) is 0 Å². The van der Waals surface area contributed by atoms with Crippen LogP contribution in [0.3, 0.4) is 0 Å². The molecule has 0 saturated carbocycles. The number of nitrogens with two attached hydrogens (primary N) is 2. The molecule has 0 bridgehead atoms. The van der Waals surface area contributed by atoms with Crippen LogP contribution in [0.25, 0.3) is 0 Å². The van der Waals surface area contributed by atoms with Gasteiger partial charge in [-0.3, -0.25) is 4.79 Å². The Morgan fingerprint density at radius 2 is 1.95 bits per heavy atom. The Bertz CT molecular complexity index is 512. The molecule has 0 spiro atoms. The first kappa shape index (κ1) is 15.6. The van der Waals surface area contributed by atoms with Crippen LogP contribution in [0.15, 0.2) is 18.2 Å². The van der Waals surface area contributed by atoms with E-state index in [1.54, 1.807) is 0 Å². The van der Waals surface area contributed by atoms with Crippen LogP contribution in [0.2, 0.25) is 0 Å². The van der Waals surface area contributed by atoms with Crippen molar-refractivity contribution in [2.75, 3.05) is 23.7 Å². The minimum atomic E-state index is -0.758. The highest BCUT2D eigenvalue weighted by atomic mass is 16.5. The van der Waals surface area contributed by atoms with Crippen molar-refractivity contribution < 1.29 is 9.53 Å². The summed E-state index contributed by atoms with van der Waals surface area (Å²) >= 11 is 0. The van der Waals surface area contributed by atoms with E-state index >= 15 is 0 Å². The number of rotatable bonds is 6. The lowest BCUT2D eigenvalue weighted by atomic mass is 9.92. The van der Waals surface area contributed by atoms with E-state index in [2.05, 4.69) is 0 Å². The fourth-order valence-electron chi connectivity index (χ4n) is 2.77. The van der Waals surface area contributed by atoms with Crippen LogP contribution in [0.5, 0.6) is 5.75 Å². The third-order valence-electron chi connectivity index (χ3n) is 4.19. The van der Waals surface area contributed by atoms with Gasteiger partial charge >= 0.3 is 0 Å². The van der Waals surface area contributed by atoms with Crippen molar-refractivity contribution in [1.29, 1.82) is 0 Å². The minimum absolute atomic E-state index is 0.0302. The number of carbonyl (C=O) groups excluding carboxylic acids is 1. The number of nitrogen functional groups attached to an aromatic ring is 1. The molecule has 0 radical (unpaired) electrons. The van der Waals surface area contributed by atoms with Crippen molar-refractivity contribution in [2.45, 2.75) is 45.1 Å². The average Bonchev–Trinajstić information content (AvgIpc) is 2.50. The summed E-state index contributed by atoms with van der Waals surface area (Å²) in [7, 11) is 0. The molecule has 1 aromatic rings. The molecule has 0 unspecified atom stereocenters. The number of fused-ring (bicyclic) bond motifs is 1. The van der Waals surface area contributed by atoms with Crippen LogP contribution in [0.4, 0.5) is 11.4 Å². The first-order valence-corrected chi connectivity index (χ1v) is 7.68. The molecular weight excluding hydrogens is 266 g/mol. The molecule has 1 heterocycles. The molecule has 1 aromatic carbocycles. The van der Waals surface area contributed by atoms with Gasteiger partial charge in [0.05, 0.1) is 5.69 Å². The van der Waals surface area contributed by atoms with Crippen LogP contribution in [-0.2, 0) is 4.79 Å². The highest BCUT2D eigenvalue weighted by Gasteiger charge is 2.45. The zero-order valence-corrected chi connectivity index (χ0v) is 12.9. The first-order chi connectivity index (χ1) is 10.1. The Hall–Kier alpha value is -1.75. The zero-order valence-electron chi connectivity index (χ0n) is 12.9. The summed E-state index contributed by atoms with van der Waals surface area (Å²) in [6, 6.07) is 5.47. The summed E-state index contributed by atoms with van der Waals surface area (Å²) < 4.78 is 6.05. The Labute approximate surface area is 126 Å². The number of nitrogens with zero attached hydrogens (tertiary/aromatic N) is 1. The summed E-state index contributed by atoms with van der Waals surface area (Å²) in [5.74, 6) is 0.767. The van der Waals surface area contributed by atoms with Gasteiger partial charge < -0.3 is 21.1 Å². The molecule has 1 amide bonds. The van der Waals surface area contributed by atoms with Gasteiger partial charge in [-0.15, -0.1) is 0 Å². The number of ether oxygens (including phenoxy) is 1. The summed E-state index contributed by atoms with van der Waals surface area (Å²) in [6.45, 7) is 5.26. The highest BCUT2D eigenvalue weighted by molar-refractivity contribution is 6.03. The summed E-state index contributed by atoms with van der Waals surface area (Å²) in [4.78, 5) is 14.7. The molecule has 1 aliphatic rings. The second-order valence-electron chi connectivity index (χ2n) is 5.48. The molecule has 0 atom stereocenters. The van der Waals surface area contributed by atoms with E-state index in [9.17, 15) is 4.79 Å². The lowest BCUT2D eigenvalue weighted by Gasteiger charge is -2.42. The Kier molecular flexibility index (Phi) is 4.73. The van der Waals surface area contributed by atoms with Gasteiger partial charge in [0.2, 0.25) is 0 Å². The zero-order chi connectivity index (χ0) is 15.5. The van der Waals surface area contributed by atoms with Gasteiger partial charge in [0.25, 0.3) is 5.91 Å². The highest BCUT2D eigenvalue weighted by Crippen LogP contribution is 2.41. The third-order valence-corrected chi connectivity index (χ3v) is 4.19. The lowest BCUT2D eigenvalue weighted by molar-refractivity contribution is -0.136. The van der Waals surface area contributed by atoms with Gasteiger partial charge in [0.1, 0.15) is 5.75 Å². The first-order valence-electron chi connectivity index (χ1n) is 7.68. The van der Waals surface area contributed by atoms with Crippen molar-refractivity contribution in [3.05, 3.63) is 18.2 Å². The second-order valence-corrected chi connectivity index (χ2v) is 5.48. The number of amides is 1. The molecular formula is C16H25N3O2. The molecule has 0 aliphatic carbocycles. The summed E-state index contributed by atoms with van der Waals surface area (Å²) in [5.41, 5.74) is 12.1. The van der Waals surface area contributed by atoms with Crippen LogP contribution >= 0.6 is 0 Å². The van der Waals surface area contributed by atoms with Crippen LogP contribution in [-0.4, -0.2) is 24.6 Å². The predicted octanol–water partition coefficient (Wildman–Crippen LogP) is 2.29. The smallest absolute Gasteiger partial charge is 0.271 e. The third kappa shape index (κ3) is 2.83. The van der Waals surface area contributed by atoms with Gasteiger partial charge in [-0.1, -0.05) is 13.8 Å². The van der Waals surface area contributed by atoms with E-state index in [1.807, 2.05) is 36.9 Å². The van der Waals surface area contributed by atoms with Gasteiger partial charge in [-0.2, -0.15) is 0 Å². The normalized spacial score (nSPS) is 16.5. The van der Waals surface area contributed by atoms with E-state index < -0.39 is 5.60 Å². The molecule has 0 saturated heterocycles. The summed E-state index contributed by atoms with van der Waals surface area (Å²) in [6.07, 6.45) is 3.08. The Balaban J connectivity index is 2.39. The van der Waals surface area contributed by atoms with Gasteiger partial charge in [-0.25, -0.2) is 0 Å². The van der Waals surface area contributed by atoms with Crippen LogP contribution < -0.4 is 21.1 Å². The number of anilines is 2. The van der Waals surface area contributed by atoms with Crippen molar-refractivity contribution >= 4 is 17.3 Å². The van der Waals surface area contributed by atoms with Gasteiger partial charge in [0.15, 0.2) is 5.60 Å². The Morgan fingerprint density at radius 1 is 1.24 bits per heavy atom. The quantitative estimate of drug-likeness (QED) is 0.622. The van der Waals surface area contributed by atoms with Crippen LogP contribution in [0.1, 0.15) is 39.5 Å². The second kappa shape index (κ2) is 6.35. The van der Waals surface area contributed by atoms with Crippen molar-refractivity contribution in [3.8, 4) is 5.75 Å². The molecule has 0 fully saturated rings. The number of hydrogen-bond acceptors (Lipinski definition) is 4. The fraction of sp³-hybridized carbons (Fsp3) is 0.562. The maximum atomic E-state index is 12.9. The maximum Gasteiger partial charge on any atom is 0.271 e. The molecule has 5 heteroatoms. The van der Waals surface area contributed by atoms with Crippen LogP contribution in [0, 0.1) is 0 Å². The number of benzene rings is 1. The van der Waals surface area contributed by atoms with Crippen molar-refractivity contribution in [2.24, 2.45) is 5.73 Å². The fourth-order valence-corrected chi connectivity index (χ4v) is 2.77. The Morgan fingerprint density at radius 3 is 2.57 bits per heavy atom. The molecule has 2 rings (SSSR count). The van der Waals surface area contributed by atoms with E-state index in [4.69, 9.17) is 16.2 Å². The maximum absolute atomic E-state index is 12.9. The molecule has 0 aromatic heterocycles. The molecule has 1 aliphatic heterocycles. The molecule has 21 heavy (non-hydrogen) atoms. The number of hydrogen-bond donors (Lipinski definition) is 2. The SMILES string of the molecule is CCC1(CC)Oc2ccc(N)cc2N(CCCCN)C1=O. The average molecular weight is 291 g/mol. The summed E-state index contributed by atoms with van der Waals surface area (Å²) in [5, 5.41) is 0. The predicted molar refractivity (Wildman–Crippen MR) is 85.4 cm³/mol. The minimum Gasteiger partial charge on any atom is -0.475 e. The largest absolute Gasteiger partial charge is 0.475 e. The van der Waals surface area contributed by atoms with Gasteiger partial charge in [0, 0.05) is 12.2 Å². The molecule has 5 nitrogen and oxygen atoms in total. The topological polar surface area (TPSA) is 81.6 Å². The monoisotopic (exact) mass is 291 g/mol. The van der Waals surface area contributed by atoms with E-state index in [0.717, 1.165) is 24.3 Å². The number of unbranched alkanes of at least 4 members (excludes halogenated alkanes) is 1. The molecule has 116 valence electrons. The van der Waals surface area contributed by atoms with Crippen molar-refractivity contribution in [1.82, 2.24) is 0 Å². The number of carbonyl (C=O) groups is 1. The van der Waals surface area contributed by atoms with Crippen molar-refractivity contribution in [3.63, 3.8) is 0 Å². The lowest BCUT2D eigenvalue weighted by Crippen LogP contribution is -2.55. The van der Waals surface area contributed by atoms with E-state index in [-0.39, 0.29) is 5.91 Å². The van der Waals surface area contributed by atoms with Gasteiger partial charge in [-0.05, 0) is 50.4 Å². The standard InChI is InChI=1S/C16H25N3O2/c1-3-16(4-2)15(20)19(10-6-5-9-17)13-11-12(18)7-8-14(13)21-16/h7-8,11H,3-6,9-10,17-18H2,1-2H3. The van der Waals surface area contributed by atoms with E-state index in [0.29, 0.717) is 31.6 Å². The molecule has 4 N–H and O–H groups in total.